The van der Waals surface area contributed by atoms with Crippen molar-refractivity contribution in [3.05, 3.63) is 123 Å². The molecule has 4 aromatic rings. The number of benzene rings is 4. The van der Waals surface area contributed by atoms with Gasteiger partial charge in [-0.05, 0) is 53.6 Å². The largest absolute Gasteiger partial charge is 0.348 e. The maximum Gasteiger partial charge on any atom is 0.259 e. The van der Waals surface area contributed by atoms with Crippen molar-refractivity contribution < 1.29 is 9.59 Å². The predicted molar refractivity (Wildman–Crippen MR) is 142 cm³/mol. The lowest BCUT2D eigenvalue weighted by Crippen LogP contribution is -2.31. The highest BCUT2D eigenvalue weighted by Gasteiger charge is 2.28. The second-order valence-electron chi connectivity index (χ2n) is 8.04. The van der Waals surface area contributed by atoms with Gasteiger partial charge in [0.05, 0.1) is 17.8 Å². The van der Waals surface area contributed by atoms with E-state index in [-0.39, 0.29) is 18.4 Å². The summed E-state index contributed by atoms with van der Waals surface area (Å²) in [6, 6.07) is 27.8. The fraction of sp³-hybridized carbons (Fsp3) is 0.0714. The number of hydrogen-bond acceptors (Lipinski definition) is 3. The molecule has 2 amide bonds. The molecule has 0 spiro atoms. The zero-order valence-electron chi connectivity index (χ0n) is 18.5. The van der Waals surface area contributed by atoms with E-state index in [0.29, 0.717) is 33.4 Å². The Hall–Kier alpha value is -3.25. The van der Waals surface area contributed by atoms with Crippen LogP contribution in [0.25, 0.3) is 0 Å². The molecule has 4 aromatic carbocycles. The van der Waals surface area contributed by atoms with E-state index < -0.39 is 0 Å². The molecule has 1 aliphatic rings. The van der Waals surface area contributed by atoms with Gasteiger partial charge in [-0.15, -0.1) is 0 Å². The molecule has 5 rings (SSSR count). The van der Waals surface area contributed by atoms with Gasteiger partial charge in [-0.25, -0.2) is 0 Å². The zero-order valence-corrected chi connectivity index (χ0v) is 20.8. The van der Waals surface area contributed by atoms with Gasteiger partial charge >= 0.3 is 0 Å². The molecule has 0 aromatic heterocycles. The standard InChI is InChI=1S/C28H20Cl2N2O2S/c29-22-10-4-1-7-19(22)16-31-27(33)18-13-14-26-24(15-18)32(17-20-8-2-5-11-23(20)30)28(34)21-9-3-6-12-25(21)35-26/h1-15H,16-17H2,(H,31,33). The number of nitrogens with zero attached hydrogens (tertiary/aromatic N) is 1. The molecule has 1 heterocycles. The van der Waals surface area contributed by atoms with Crippen LogP contribution in [0.1, 0.15) is 31.8 Å². The molecule has 0 saturated carbocycles. The number of hydrogen-bond donors (Lipinski definition) is 1. The fourth-order valence-corrected chi connectivity index (χ4v) is 5.39. The van der Waals surface area contributed by atoms with Gasteiger partial charge in [-0.1, -0.05) is 83.5 Å². The van der Waals surface area contributed by atoms with Gasteiger partial charge in [0.25, 0.3) is 11.8 Å². The molecule has 4 nitrogen and oxygen atoms in total. The van der Waals surface area contributed by atoms with E-state index in [9.17, 15) is 9.59 Å². The Balaban J connectivity index is 1.51. The number of carbonyl (C=O) groups excluding carboxylic acids is 2. The summed E-state index contributed by atoms with van der Waals surface area (Å²) in [6.07, 6.45) is 0. The Kier molecular flexibility index (Phi) is 6.82. The van der Waals surface area contributed by atoms with Crippen LogP contribution in [-0.2, 0) is 13.1 Å². The summed E-state index contributed by atoms with van der Waals surface area (Å²) in [5.74, 6) is -0.384. The van der Waals surface area contributed by atoms with E-state index in [1.54, 1.807) is 29.2 Å². The van der Waals surface area contributed by atoms with Gasteiger partial charge in [0.15, 0.2) is 0 Å². The van der Waals surface area contributed by atoms with Crippen molar-refractivity contribution in [2.45, 2.75) is 22.9 Å². The molecule has 0 atom stereocenters. The summed E-state index contributed by atoms with van der Waals surface area (Å²) < 4.78 is 0. The third-order valence-electron chi connectivity index (χ3n) is 5.78. The van der Waals surface area contributed by atoms with Crippen molar-refractivity contribution in [2.75, 3.05) is 4.90 Å². The van der Waals surface area contributed by atoms with Crippen LogP contribution in [0.15, 0.2) is 101 Å². The molecule has 0 unspecified atom stereocenters. The summed E-state index contributed by atoms with van der Waals surface area (Å²) in [5.41, 5.74) is 3.40. The summed E-state index contributed by atoms with van der Waals surface area (Å²) in [5, 5.41) is 4.11. The van der Waals surface area contributed by atoms with E-state index in [4.69, 9.17) is 23.2 Å². The molecule has 0 aliphatic carbocycles. The Bertz CT molecular complexity index is 1440. The molecule has 35 heavy (non-hydrogen) atoms. The molecule has 1 aliphatic heterocycles. The summed E-state index contributed by atoms with van der Waals surface area (Å²) >= 11 is 14.2. The minimum atomic E-state index is -0.246. The van der Waals surface area contributed by atoms with Crippen molar-refractivity contribution in [2.24, 2.45) is 0 Å². The zero-order chi connectivity index (χ0) is 24.4. The van der Waals surface area contributed by atoms with Crippen molar-refractivity contribution in [3.8, 4) is 0 Å². The number of carbonyl (C=O) groups is 2. The molecule has 7 heteroatoms. The third kappa shape index (κ3) is 4.94. The Morgan fingerprint density at radius 1 is 0.800 bits per heavy atom. The minimum absolute atomic E-state index is 0.139. The Morgan fingerprint density at radius 2 is 1.46 bits per heavy atom. The van der Waals surface area contributed by atoms with Crippen LogP contribution < -0.4 is 10.2 Å². The highest BCUT2D eigenvalue weighted by atomic mass is 35.5. The first-order chi connectivity index (χ1) is 17.0. The molecule has 0 bridgehead atoms. The molecule has 0 fully saturated rings. The van der Waals surface area contributed by atoms with Crippen LogP contribution in [0.3, 0.4) is 0 Å². The first kappa shape index (κ1) is 23.5. The Morgan fingerprint density at radius 3 is 2.20 bits per heavy atom. The van der Waals surface area contributed by atoms with Crippen LogP contribution >= 0.6 is 35.0 Å². The van der Waals surface area contributed by atoms with E-state index in [1.807, 2.05) is 66.7 Å². The number of rotatable bonds is 5. The van der Waals surface area contributed by atoms with Crippen molar-refractivity contribution >= 4 is 52.5 Å². The van der Waals surface area contributed by atoms with Crippen molar-refractivity contribution in [1.82, 2.24) is 5.32 Å². The highest BCUT2D eigenvalue weighted by Crippen LogP contribution is 2.42. The molecule has 174 valence electrons. The number of amides is 2. The molecular formula is C28H20Cl2N2O2S. The average Bonchev–Trinajstić information content (AvgIpc) is 2.99. The normalized spacial score (nSPS) is 12.5. The Labute approximate surface area is 217 Å². The monoisotopic (exact) mass is 518 g/mol. The van der Waals surface area contributed by atoms with Crippen LogP contribution in [0.4, 0.5) is 5.69 Å². The predicted octanol–water partition coefficient (Wildman–Crippen LogP) is 7.24. The van der Waals surface area contributed by atoms with Gasteiger partial charge < -0.3 is 10.2 Å². The molecule has 0 radical (unpaired) electrons. The lowest BCUT2D eigenvalue weighted by molar-refractivity contribution is 0.0947. The van der Waals surface area contributed by atoms with Crippen molar-refractivity contribution in [1.29, 1.82) is 0 Å². The van der Waals surface area contributed by atoms with Gasteiger partial charge in [-0.3, -0.25) is 9.59 Å². The van der Waals surface area contributed by atoms with E-state index in [0.717, 1.165) is 20.9 Å². The second-order valence-corrected chi connectivity index (χ2v) is 9.94. The third-order valence-corrected chi connectivity index (χ3v) is 7.66. The molecular weight excluding hydrogens is 499 g/mol. The first-order valence-electron chi connectivity index (χ1n) is 11.0. The van der Waals surface area contributed by atoms with Gasteiger partial charge in [0.1, 0.15) is 0 Å². The number of fused-ring (bicyclic) bond motifs is 2. The van der Waals surface area contributed by atoms with E-state index in [1.165, 1.54) is 11.8 Å². The smallest absolute Gasteiger partial charge is 0.259 e. The second kappa shape index (κ2) is 10.2. The van der Waals surface area contributed by atoms with Crippen LogP contribution in [0, 0.1) is 0 Å². The van der Waals surface area contributed by atoms with Gasteiger partial charge in [0, 0.05) is 31.9 Å². The summed E-state index contributed by atoms with van der Waals surface area (Å²) in [7, 11) is 0. The minimum Gasteiger partial charge on any atom is -0.348 e. The SMILES string of the molecule is O=C(NCc1ccccc1Cl)c1ccc2c(c1)N(Cc1ccccc1Cl)C(=O)c1ccccc1S2. The fourth-order valence-electron chi connectivity index (χ4n) is 3.93. The molecule has 0 saturated heterocycles. The maximum atomic E-state index is 13.7. The van der Waals surface area contributed by atoms with Crippen LogP contribution in [0.5, 0.6) is 0 Å². The summed E-state index contributed by atoms with van der Waals surface area (Å²) in [4.78, 5) is 30.2. The number of halogens is 2. The average molecular weight is 519 g/mol. The lowest BCUT2D eigenvalue weighted by Gasteiger charge is -2.24. The molecule has 1 N–H and O–H groups in total. The van der Waals surface area contributed by atoms with Crippen molar-refractivity contribution in [3.63, 3.8) is 0 Å². The van der Waals surface area contributed by atoms with Crippen LogP contribution in [-0.4, -0.2) is 11.8 Å². The maximum absolute atomic E-state index is 13.7. The quantitative estimate of drug-likeness (QED) is 0.303. The van der Waals surface area contributed by atoms with Crippen LogP contribution in [0.2, 0.25) is 10.0 Å². The van der Waals surface area contributed by atoms with Gasteiger partial charge in [-0.2, -0.15) is 0 Å². The topological polar surface area (TPSA) is 49.4 Å². The summed E-state index contributed by atoms with van der Waals surface area (Å²) in [6.45, 7) is 0.586. The first-order valence-corrected chi connectivity index (χ1v) is 12.6. The number of nitrogens with one attached hydrogen (secondary N) is 1. The lowest BCUT2D eigenvalue weighted by atomic mass is 10.1. The highest BCUT2D eigenvalue weighted by molar-refractivity contribution is 7.99. The number of anilines is 1. The van der Waals surface area contributed by atoms with Gasteiger partial charge in [0.2, 0.25) is 0 Å². The van der Waals surface area contributed by atoms with E-state index >= 15 is 0 Å². The van der Waals surface area contributed by atoms with E-state index in [2.05, 4.69) is 5.32 Å².